The normalized spacial score (nSPS) is 20.4. The van der Waals surface area contributed by atoms with E-state index in [1.54, 1.807) is 0 Å². The van der Waals surface area contributed by atoms with E-state index in [2.05, 4.69) is 37.9 Å². The number of aromatic hydroxyl groups is 1. The molecule has 0 aromatic heterocycles. The lowest BCUT2D eigenvalue weighted by molar-refractivity contribution is -0.900. The smallest absolute Gasteiger partial charge is 0.134 e. The van der Waals surface area contributed by atoms with Crippen molar-refractivity contribution in [1.82, 2.24) is 0 Å². The minimum absolute atomic E-state index is 0. The van der Waals surface area contributed by atoms with Crippen LogP contribution in [0, 0.1) is 0 Å². The number of phenols is 1. The molecule has 1 aliphatic carbocycles. The Labute approximate surface area is 148 Å². The van der Waals surface area contributed by atoms with Crippen molar-refractivity contribution in [2.24, 2.45) is 0 Å². The topological polar surface area (TPSA) is 24.7 Å². The van der Waals surface area contributed by atoms with Crippen molar-refractivity contribution in [3.8, 4) is 5.75 Å². The Kier molecular flexibility index (Phi) is 5.74. The molecule has 0 heterocycles. The lowest BCUT2D eigenvalue weighted by Crippen LogP contribution is -3.13. The Morgan fingerprint density at radius 3 is 2.65 bits per heavy atom. The highest BCUT2D eigenvalue weighted by molar-refractivity contribution is 6.32. The molecule has 0 amide bonds. The van der Waals surface area contributed by atoms with Crippen molar-refractivity contribution in [3.05, 3.63) is 76.8 Å². The molecule has 23 heavy (non-hydrogen) atoms. The number of halogens is 2. The first-order chi connectivity index (χ1) is 10.6. The van der Waals surface area contributed by atoms with E-state index < -0.39 is 0 Å². The monoisotopic (exact) mass is 349 g/mol. The number of benzene rings is 2. The predicted octanol–water partition coefficient (Wildman–Crippen LogP) is -0.193. The molecule has 122 valence electrons. The number of quaternary nitrogens is 1. The number of likely N-dealkylation sites (N-methyl/N-ethyl adjacent to an activating group) is 1. The fourth-order valence-electron chi connectivity index (χ4n) is 3.57. The summed E-state index contributed by atoms with van der Waals surface area (Å²) in [5, 5.41) is 10.5. The minimum Gasteiger partial charge on any atom is -1.00 e. The number of fused-ring (bicyclic) bond motifs is 1. The quantitative estimate of drug-likeness (QED) is 0.734. The van der Waals surface area contributed by atoms with Crippen molar-refractivity contribution in [2.75, 3.05) is 13.6 Å². The van der Waals surface area contributed by atoms with Gasteiger partial charge in [-0.15, -0.1) is 0 Å². The van der Waals surface area contributed by atoms with Gasteiger partial charge in [0.05, 0.1) is 24.5 Å². The van der Waals surface area contributed by atoms with Gasteiger partial charge in [0.1, 0.15) is 11.8 Å². The molecule has 2 N–H and O–H groups in total. The maximum atomic E-state index is 10.0. The number of hydrogen-bond donors (Lipinski definition) is 2. The molecule has 0 spiro atoms. The molecule has 0 radical (unpaired) electrons. The third-order valence-electron chi connectivity index (χ3n) is 4.64. The third kappa shape index (κ3) is 3.40. The van der Waals surface area contributed by atoms with Crippen LogP contribution >= 0.6 is 11.6 Å². The summed E-state index contributed by atoms with van der Waals surface area (Å²) in [6.45, 7) is 4.78. The van der Waals surface area contributed by atoms with Crippen LogP contribution in [0.3, 0.4) is 0 Å². The standard InChI is InChI=1S/C19H20ClNO.ClH/c1-3-9-21(2)17-11-14-10-16(20)18(22)12-15(14)19(17)13-7-5-4-6-8-13;/h3-8,10,12,17,19,22H,1,9,11H2,2H3;1H/t17-,19-;/m1./s1. The molecular weight excluding hydrogens is 329 g/mol. The van der Waals surface area contributed by atoms with E-state index in [4.69, 9.17) is 11.6 Å². The zero-order valence-corrected chi connectivity index (χ0v) is 14.6. The van der Waals surface area contributed by atoms with Gasteiger partial charge in [-0.3, -0.25) is 0 Å². The van der Waals surface area contributed by atoms with Crippen LogP contribution in [0.2, 0.25) is 5.02 Å². The second kappa shape index (κ2) is 7.39. The number of nitrogens with one attached hydrogen (secondary N) is 1. The largest absolute Gasteiger partial charge is 1.00 e. The van der Waals surface area contributed by atoms with Crippen LogP contribution in [0.25, 0.3) is 0 Å². The van der Waals surface area contributed by atoms with Gasteiger partial charge in [-0.25, -0.2) is 0 Å². The van der Waals surface area contributed by atoms with Crippen LogP contribution in [0.1, 0.15) is 22.6 Å². The van der Waals surface area contributed by atoms with Gasteiger partial charge in [-0.1, -0.05) is 48.5 Å². The number of hydrogen-bond acceptors (Lipinski definition) is 1. The van der Waals surface area contributed by atoms with Crippen molar-refractivity contribution in [1.29, 1.82) is 0 Å². The SMILES string of the molecule is C=CC[NH+](C)[C@@H]1Cc2cc(Cl)c(O)cc2[C@H]1c1ccccc1.[Cl-]. The van der Waals surface area contributed by atoms with Crippen molar-refractivity contribution < 1.29 is 22.4 Å². The van der Waals surface area contributed by atoms with Crippen LogP contribution < -0.4 is 17.3 Å². The summed E-state index contributed by atoms with van der Waals surface area (Å²) >= 11 is 6.10. The molecule has 0 saturated carbocycles. The van der Waals surface area contributed by atoms with E-state index in [1.807, 2.05) is 24.3 Å². The molecule has 2 aromatic rings. The predicted molar refractivity (Wildman–Crippen MR) is 90.8 cm³/mol. The van der Waals surface area contributed by atoms with Gasteiger partial charge in [0.25, 0.3) is 0 Å². The lowest BCUT2D eigenvalue weighted by atomic mass is 9.89. The van der Waals surface area contributed by atoms with Crippen molar-refractivity contribution in [2.45, 2.75) is 18.4 Å². The molecule has 0 aliphatic heterocycles. The summed E-state index contributed by atoms with van der Waals surface area (Å²) in [7, 11) is 2.20. The molecule has 1 aliphatic rings. The third-order valence-corrected chi connectivity index (χ3v) is 4.95. The Morgan fingerprint density at radius 1 is 1.30 bits per heavy atom. The highest BCUT2D eigenvalue weighted by Crippen LogP contribution is 2.41. The summed E-state index contributed by atoms with van der Waals surface area (Å²) in [5.74, 6) is 0.447. The van der Waals surface area contributed by atoms with Gasteiger partial charge in [-0.2, -0.15) is 0 Å². The van der Waals surface area contributed by atoms with Gasteiger partial charge in [0, 0.05) is 6.42 Å². The Morgan fingerprint density at radius 2 is 2.00 bits per heavy atom. The van der Waals surface area contributed by atoms with Crippen LogP contribution in [0.15, 0.2) is 55.1 Å². The second-order valence-corrected chi connectivity index (χ2v) is 6.45. The number of phenolic OH excluding ortho intramolecular Hbond substituents is 1. The summed E-state index contributed by atoms with van der Waals surface area (Å²) in [6, 6.07) is 14.7. The van der Waals surface area contributed by atoms with Crippen LogP contribution in [0.4, 0.5) is 0 Å². The average molecular weight is 350 g/mol. The Bertz CT molecular complexity index is 687. The molecule has 3 atom stereocenters. The van der Waals surface area contributed by atoms with Crippen molar-refractivity contribution in [3.63, 3.8) is 0 Å². The first-order valence-electron chi connectivity index (χ1n) is 7.61. The van der Waals surface area contributed by atoms with E-state index in [1.165, 1.54) is 21.6 Å². The summed E-state index contributed by atoms with van der Waals surface area (Å²) in [4.78, 5) is 1.43. The van der Waals surface area contributed by atoms with E-state index >= 15 is 0 Å². The van der Waals surface area contributed by atoms with Crippen LogP contribution in [-0.4, -0.2) is 24.7 Å². The molecule has 2 nitrogen and oxygen atoms in total. The average Bonchev–Trinajstić information content (AvgIpc) is 2.87. The maximum Gasteiger partial charge on any atom is 0.134 e. The second-order valence-electron chi connectivity index (χ2n) is 6.04. The fraction of sp³-hybridized carbons (Fsp3) is 0.263. The first kappa shape index (κ1) is 17.9. The molecule has 0 saturated heterocycles. The van der Waals surface area contributed by atoms with E-state index in [0.29, 0.717) is 11.1 Å². The Balaban J connectivity index is 0.00000192. The fourth-order valence-corrected chi connectivity index (χ4v) is 3.75. The van der Waals surface area contributed by atoms with Gasteiger partial charge in [-0.05, 0) is 34.9 Å². The maximum absolute atomic E-state index is 10.0. The molecule has 0 fully saturated rings. The molecule has 3 rings (SSSR count). The molecular formula is C19H21Cl2NO. The molecule has 4 heteroatoms. The highest BCUT2D eigenvalue weighted by atomic mass is 35.5. The highest BCUT2D eigenvalue weighted by Gasteiger charge is 2.39. The van der Waals surface area contributed by atoms with E-state index in [0.717, 1.165) is 13.0 Å². The number of rotatable bonds is 4. The molecule has 2 aromatic carbocycles. The van der Waals surface area contributed by atoms with Gasteiger partial charge in [0.2, 0.25) is 0 Å². The summed E-state index contributed by atoms with van der Waals surface area (Å²) < 4.78 is 0. The minimum atomic E-state index is 0. The van der Waals surface area contributed by atoms with Crippen LogP contribution in [0.5, 0.6) is 5.75 Å². The zero-order valence-electron chi connectivity index (χ0n) is 13.1. The molecule has 1 unspecified atom stereocenters. The van der Waals surface area contributed by atoms with E-state index in [9.17, 15) is 5.11 Å². The zero-order chi connectivity index (χ0) is 15.7. The van der Waals surface area contributed by atoms with Gasteiger partial charge < -0.3 is 22.4 Å². The first-order valence-corrected chi connectivity index (χ1v) is 7.99. The summed E-state index contributed by atoms with van der Waals surface area (Å²) in [5.41, 5.74) is 3.72. The van der Waals surface area contributed by atoms with E-state index in [-0.39, 0.29) is 24.1 Å². The van der Waals surface area contributed by atoms with Gasteiger partial charge in [0.15, 0.2) is 0 Å². The Hall–Kier alpha value is -1.48. The summed E-state index contributed by atoms with van der Waals surface area (Å²) in [6.07, 6.45) is 2.93. The molecule has 0 bridgehead atoms. The van der Waals surface area contributed by atoms with Gasteiger partial charge >= 0.3 is 0 Å². The van der Waals surface area contributed by atoms with Crippen molar-refractivity contribution >= 4 is 11.6 Å². The lowest BCUT2D eigenvalue weighted by Gasteiger charge is -2.26. The van der Waals surface area contributed by atoms with Crippen LogP contribution in [-0.2, 0) is 6.42 Å².